The van der Waals surface area contributed by atoms with Crippen LogP contribution < -0.4 is 5.32 Å². The largest absolute Gasteiger partial charge is 0.471 e. The molecule has 0 aliphatic carbocycles. The lowest BCUT2D eigenvalue weighted by molar-refractivity contribution is -0.173. The van der Waals surface area contributed by atoms with Gasteiger partial charge in [0, 0.05) is 6.54 Å². The summed E-state index contributed by atoms with van der Waals surface area (Å²) in [5.41, 5.74) is -1.21. The van der Waals surface area contributed by atoms with Gasteiger partial charge in [0.25, 0.3) is 0 Å². The molecule has 0 rings (SSSR count). The number of ketones is 1. The summed E-state index contributed by atoms with van der Waals surface area (Å²) in [5.74, 6) is -4.47. The number of methoxy groups -OCH3 is 2. The topological polar surface area (TPSA) is 98.8 Å². The summed E-state index contributed by atoms with van der Waals surface area (Å²) in [5, 5.41) is 1.63. The monoisotopic (exact) mass is 441 g/mol. The predicted octanol–water partition coefficient (Wildman–Crippen LogP) is 2.48. The van der Waals surface area contributed by atoms with Gasteiger partial charge in [-0.1, -0.05) is 17.7 Å². The number of carbonyl (C=O) groups excluding carboxylic acids is 4. The summed E-state index contributed by atoms with van der Waals surface area (Å²) in [4.78, 5) is 46.8. The second-order valence-electron chi connectivity index (χ2n) is 6.04. The maximum atomic E-state index is 12.3. The van der Waals surface area contributed by atoms with E-state index in [1.807, 2.05) is 0 Å². The Morgan fingerprint density at radius 2 is 1.59 bits per heavy atom. The average molecular weight is 442 g/mol. The van der Waals surface area contributed by atoms with Crippen LogP contribution in [0, 0.1) is 5.41 Å². The number of rotatable bonds is 11. The molecule has 11 heteroatoms. The molecule has 0 aliphatic rings. The van der Waals surface area contributed by atoms with E-state index in [4.69, 9.17) is 21.1 Å². The standard InChI is InChI=1S/C18H23ClF3NO6/c1-12(10-13(24)11-19)6-8-17(15(26)28-2,16(27)29-3)7-4-5-9-23-14(25)18(20,21)22/h4-5,10H,6-9,11H2,1-3H3,(H,23,25)/b5-4-,12-10-. The van der Waals surface area contributed by atoms with Crippen molar-refractivity contribution in [2.24, 2.45) is 5.41 Å². The molecular weight excluding hydrogens is 419 g/mol. The van der Waals surface area contributed by atoms with Crippen LogP contribution in [0.5, 0.6) is 0 Å². The number of halogens is 4. The minimum atomic E-state index is -5.01. The molecule has 0 fully saturated rings. The van der Waals surface area contributed by atoms with Gasteiger partial charge in [-0.05, 0) is 32.3 Å². The summed E-state index contributed by atoms with van der Waals surface area (Å²) >= 11 is 5.43. The average Bonchev–Trinajstić information content (AvgIpc) is 2.67. The zero-order valence-corrected chi connectivity index (χ0v) is 17.0. The number of carbonyl (C=O) groups is 4. The van der Waals surface area contributed by atoms with Crippen LogP contribution in [0.3, 0.4) is 0 Å². The van der Waals surface area contributed by atoms with Gasteiger partial charge in [-0.2, -0.15) is 13.2 Å². The van der Waals surface area contributed by atoms with Crippen molar-refractivity contribution in [3.05, 3.63) is 23.8 Å². The number of nitrogens with one attached hydrogen (secondary N) is 1. The summed E-state index contributed by atoms with van der Waals surface area (Å²) in [6.45, 7) is 1.16. The molecule has 0 atom stereocenters. The molecule has 0 saturated heterocycles. The van der Waals surface area contributed by atoms with E-state index in [-0.39, 0.29) is 30.9 Å². The number of hydrogen-bond donors (Lipinski definition) is 1. The van der Waals surface area contributed by atoms with Crippen molar-refractivity contribution < 1.29 is 41.8 Å². The summed E-state index contributed by atoms with van der Waals surface area (Å²) in [6, 6.07) is 0. The van der Waals surface area contributed by atoms with Crippen molar-refractivity contribution in [2.45, 2.75) is 32.4 Å². The number of allylic oxidation sites excluding steroid dienone is 3. The van der Waals surface area contributed by atoms with Gasteiger partial charge in [-0.25, -0.2) is 0 Å². The Kier molecular flexibility index (Phi) is 11.3. The first kappa shape index (κ1) is 26.6. The Labute approximate surface area is 171 Å². The fourth-order valence-corrected chi connectivity index (χ4v) is 2.44. The minimum Gasteiger partial charge on any atom is -0.468 e. The first-order chi connectivity index (χ1) is 13.4. The van der Waals surface area contributed by atoms with Crippen LogP contribution in [0.25, 0.3) is 0 Å². The SMILES string of the molecule is COC(=O)C(C/C=C\CNC(=O)C(F)(F)F)(CC/C(C)=C\C(=O)CCl)C(=O)OC. The van der Waals surface area contributed by atoms with Crippen LogP contribution in [0.15, 0.2) is 23.8 Å². The lowest BCUT2D eigenvalue weighted by Gasteiger charge is -2.27. The van der Waals surface area contributed by atoms with E-state index in [1.54, 1.807) is 12.2 Å². The van der Waals surface area contributed by atoms with Gasteiger partial charge in [-0.3, -0.25) is 19.2 Å². The molecule has 0 aliphatic heterocycles. The van der Waals surface area contributed by atoms with Crippen molar-refractivity contribution in [2.75, 3.05) is 26.6 Å². The van der Waals surface area contributed by atoms with Crippen LogP contribution in [-0.2, 0) is 28.7 Å². The van der Waals surface area contributed by atoms with E-state index in [0.29, 0.717) is 5.57 Å². The molecule has 1 N–H and O–H groups in total. The zero-order valence-electron chi connectivity index (χ0n) is 16.2. The second kappa shape index (κ2) is 12.3. The number of hydrogen-bond acceptors (Lipinski definition) is 6. The lowest BCUT2D eigenvalue weighted by atomic mass is 9.78. The third-order valence-corrected chi connectivity index (χ3v) is 4.17. The van der Waals surface area contributed by atoms with Crippen LogP contribution in [-0.4, -0.2) is 56.4 Å². The zero-order chi connectivity index (χ0) is 22.7. The molecule has 0 spiro atoms. The van der Waals surface area contributed by atoms with Gasteiger partial charge in [0.2, 0.25) is 0 Å². The molecule has 1 amide bonds. The van der Waals surface area contributed by atoms with Crippen molar-refractivity contribution >= 4 is 35.2 Å². The highest BCUT2D eigenvalue weighted by Gasteiger charge is 2.47. The normalized spacial score (nSPS) is 12.6. The maximum absolute atomic E-state index is 12.3. The van der Waals surface area contributed by atoms with E-state index in [9.17, 15) is 32.3 Å². The molecular formula is C18H23ClF3NO6. The van der Waals surface area contributed by atoms with E-state index >= 15 is 0 Å². The van der Waals surface area contributed by atoms with Gasteiger partial charge >= 0.3 is 24.0 Å². The molecule has 0 aromatic carbocycles. The molecule has 0 bridgehead atoms. The van der Waals surface area contributed by atoms with Crippen LogP contribution >= 0.6 is 11.6 Å². The number of ether oxygens (including phenoxy) is 2. The highest BCUT2D eigenvalue weighted by Crippen LogP contribution is 2.33. The Bertz CT molecular complexity index is 657. The molecule has 0 aromatic rings. The summed E-state index contributed by atoms with van der Waals surface area (Å²) in [6.07, 6.45) is -1.45. The summed E-state index contributed by atoms with van der Waals surface area (Å²) < 4.78 is 45.9. The third-order valence-electron chi connectivity index (χ3n) is 3.91. The molecule has 0 radical (unpaired) electrons. The smallest absolute Gasteiger partial charge is 0.468 e. The van der Waals surface area contributed by atoms with E-state index < -0.39 is 36.0 Å². The van der Waals surface area contributed by atoms with Gasteiger partial charge < -0.3 is 14.8 Å². The minimum absolute atomic E-state index is 0.0799. The van der Waals surface area contributed by atoms with Crippen molar-refractivity contribution in [1.82, 2.24) is 5.32 Å². The Morgan fingerprint density at radius 1 is 1.03 bits per heavy atom. The van der Waals surface area contributed by atoms with E-state index in [2.05, 4.69) is 0 Å². The fourth-order valence-electron chi connectivity index (χ4n) is 2.36. The predicted molar refractivity (Wildman–Crippen MR) is 98.0 cm³/mol. The maximum Gasteiger partial charge on any atom is 0.471 e. The highest BCUT2D eigenvalue weighted by molar-refractivity contribution is 6.29. The first-order valence-electron chi connectivity index (χ1n) is 8.37. The number of amides is 1. The van der Waals surface area contributed by atoms with Crippen molar-refractivity contribution in [3.63, 3.8) is 0 Å². The molecule has 7 nitrogen and oxygen atoms in total. The van der Waals surface area contributed by atoms with Crippen LogP contribution in [0.2, 0.25) is 0 Å². The van der Waals surface area contributed by atoms with Gasteiger partial charge in [0.15, 0.2) is 11.2 Å². The van der Waals surface area contributed by atoms with Crippen molar-refractivity contribution in [1.29, 1.82) is 0 Å². The first-order valence-corrected chi connectivity index (χ1v) is 8.90. The molecule has 0 unspecified atom stereocenters. The third kappa shape index (κ3) is 8.68. The highest BCUT2D eigenvalue weighted by atomic mass is 35.5. The molecule has 0 aromatic heterocycles. The van der Waals surface area contributed by atoms with E-state index in [1.165, 1.54) is 18.2 Å². The van der Waals surface area contributed by atoms with Crippen molar-refractivity contribution in [3.8, 4) is 0 Å². The molecule has 29 heavy (non-hydrogen) atoms. The Balaban J connectivity index is 5.38. The quantitative estimate of drug-likeness (QED) is 0.174. The summed E-state index contributed by atoms with van der Waals surface area (Å²) in [7, 11) is 2.15. The molecule has 0 heterocycles. The van der Waals surface area contributed by atoms with Gasteiger partial charge in [-0.15, -0.1) is 11.6 Å². The number of esters is 2. The van der Waals surface area contributed by atoms with Gasteiger partial charge in [0.05, 0.1) is 20.1 Å². The van der Waals surface area contributed by atoms with Crippen LogP contribution in [0.4, 0.5) is 13.2 Å². The Morgan fingerprint density at radius 3 is 2.03 bits per heavy atom. The Hall–Kier alpha value is -2.36. The molecule has 164 valence electrons. The van der Waals surface area contributed by atoms with E-state index in [0.717, 1.165) is 14.2 Å². The number of alkyl halides is 4. The lowest BCUT2D eigenvalue weighted by Crippen LogP contribution is -2.41. The second-order valence-corrected chi connectivity index (χ2v) is 6.31. The van der Waals surface area contributed by atoms with Crippen LogP contribution in [0.1, 0.15) is 26.2 Å². The fraction of sp³-hybridized carbons (Fsp3) is 0.556. The van der Waals surface area contributed by atoms with Gasteiger partial charge in [0.1, 0.15) is 0 Å². The molecule has 0 saturated carbocycles.